The molecule has 0 heterocycles. The van der Waals surface area contributed by atoms with Crippen LogP contribution in [-0.2, 0) is 20.7 Å². The molecule has 2 aromatic rings. The second-order valence-corrected chi connectivity index (χ2v) is 10.5. The molecule has 0 saturated heterocycles. The minimum atomic E-state index is -0.963. The lowest BCUT2D eigenvalue weighted by atomic mass is 10.00. The summed E-state index contributed by atoms with van der Waals surface area (Å²) in [5.74, 6) is -0.472. The summed E-state index contributed by atoms with van der Waals surface area (Å²) in [6.07, 6.45) is 2.83. The van der Waals surface area contributed by atoms with Gasteiger partial charge in [0.2, 0.25) is 11.8 Å². The van der Waals surface area contributed by atoms with Gasteiger partial charge in [-0.2, -0.15) is 0 Å². The number of amides is 3. The van der Waals surface area contributed by atoms with Crippen LogP contribution in [0, 0.1) is 0 Å². The second-order valence-electron chi connectivity index (χ2n) is 10.5. The van der Waals surface area contributed by atoms with E-state index in [1.807, 2.05) is 30.3 Å². The van der Waals surface area contributed by atoms with Crippen molar-refractivity contribution in [1.29, 1.82) is 0 Å². The van der Waals surface area contributed by atoms with Crippen LogP contribution >= 0.6 is 0 Å². The van der Waals surface area contributed by atoms with E-state index in [2.05, 4.69) is 17.6 Å². The number of alkyl carbamates (subject to hydrolysis) is 1. The molecule has 0 bridgehead atoms. The smallest absolute Gasteiger partial charge is 0.408 e. The largest absolute Gasteiger partial charge is 0.508 e. The number of nitrogens with one attached hydrogen (secondary N) is 2. The fourth-order valence-corrected chi connectivity index (χ4v) is 4.13. The number of hydrogen-bond acceptors (Lipinski definition) is 5. The Morgan fingerprint density at radius 2 is 1.70 bits per heavy atom. The molecular weight excluding hydrogens is 470 g/mol. The van der Waals surface area contributed by atoms with Crippen LogP contribution in [0.4, 0.5) is 4.79 Å². The molecular formula is C29H39N3O5. The first-order valence-corrected chi connectivity index (χ1v) is 13.0. The van der Waals surface area contributed by atoms with E-state index in [0.717, 1.165) is 36.8 Å². The zero-order chi connectivity index (χ0) is 27.0. The SMILES string of the molecule is CCCCNC(=O)C(c1ccccc1)N(C(=O)C(Cc1ccc(O)cc1)NC(=O)OC(C)(C)C)C1CC1. The van der Waals surface area contributed by atoms with E-state index in [0.29, 0.717) is 6.54 Å². The van der Waals surface area contributed by atoms with Gasteiger partial charge in [-0.05, 0) is 63.3 Å². The molecule has 3 amide bonds. The zero-order valence-electron chi connectivity index (χ0n) is 22.2. The minimum Gasteiger partial charge on any atom is -0.508 e. The predicted octanol–water partition coefficient (Wildman–Crippen LogP) is 4.48. The van der Waals surface area contributed by atoms with Gasteiger partial charge in [0.1, 0.15) is 23.4 Å². The summed E-state index contributed by atoms with van der Waals surface area (Å²) in [4.78, 5) is 42.0. The highest BCUT2D eigenvalue weighted by Crippen LogP contribution is 2.36. The van der Waals surface area contributed by atoms with Crippen molar-refractivity contribution in [3.8, 4) is 5.75 Å². The first-order chi connectivity index (χ1) is 17.6. The number of carbonyl (C=O) groups excluding carboxylic acids is 3. The molecule has 1 fully saturated rings. The number of unbranched alkanes of at least 4 members (excludes halogenated alkanes) is 1. The average Bonchev–Trinajstić information content (AvgIpc) is 3.67. The average molecular weight is 510 g/mol. The van der Waals surface area contributed by atoms with Gasteiger partial charge in [-0.1, -0.05) is 55.8 Å². The van der Waals surface area contributed by atoms with Crippen LogP contribution in [0.3, 0.4) is 0 Å². The highest BCUT2D eigenvalue weighted by molar-refractivity contribution is 5.92. The number of rotatable bonds is 11. The highest BCUT2D eigenvalue weighted by atomic mass is 16.6. The molecule has 8 heteroatoms. The number of hydrogen-bond donors (Lipinski definition) is 3. The molecule has 1 aliphatic rings. The number of carbonyl (C=O) groups is 3. The fourth-order valence-electron chi connectivity index (χ4n) is 4.13. The quantitative estimate of drug-likeness (QED) is 0.387. The van der Waals surface area contributed by atoms with Crippen molar-refractivity contribution >= 4 is 17.9 Å². The second kappa shape index (κ2) is 12.6. The van der Waals surface area contributed by atoms with E-state index in [-0.39, 0.29) is 30.0 Å². The van der Waals surface area contributed by atoms with Crippen LogP contribution in [0.25, 0.3) is 0 Å². The van der Waals surface area contributed by atoms with E-state index in [1.165, 1.54) is 12.1 Å². The summed E-state index contributed by atoms with van der Waals surface area (Å²) >= 11 is 0. The number of phenolic OH excluding ortho intramolecular Hbond substituents is 1. The topological polar surface area (TPSA) is 108 Å². The third-order valence-electron chi connectivity index (χ3n) is 6.03. The Bertz CT molecular complexity index is 1050. The van der Waals surface area contributed by atoms with E-state index in [4.69, 9.17) is 4.74 Å². The molecule has 0 aliphatic heterocycles. The van der Waals surface area contributed by atoms with Gasteiger partial charge in [0, 0.05) is 19.0 Å². The van der Waals surface area contributed by atoms with Crippen molar-refractivity contribution in [3.63, 3.8) is 0 Å². The molecule has 8 nitrogen and oxygen atoms in total. The van der Waals surface area contributed by atoms with Crippen LogP contribution in [0.5, 0.6) is 5.75 Å². The third-order valence-corrected chi connectivity index (χ3v) is 6.03. The van der Waals surface area contributed by atoms with E-state index in [1.54, 1.807) is 37.8 Å². The zero-order valence-corrected chi connectivity index (χ0v) is 22.2. The maximum absolute atomic E-state index is 14.2. The molecule has 2 atom stereocenters. The molecule has 1 aliphatic carbocycles. The van der Waals surface area contributed by atoms with Crippen molar-refractivity contribution in [3.05, 3.63) is 65.7 Å². The van der Waals surface area contributed by atoms with Crippen LogP contribution in [-0.4, -0.2) is 52.1 Å². The molecule has 1 saturated carbocycles. The molecule has 200 valence electrons. The van der Waals surface area contributed by atoms with Crippen molar-refractivity contribution in [1.82, 2.24) is 15.5 Å². The normalized spacial score (nSPS) is 14.8. The summed E-state index contributed by atoms with van der Waals surface area (Å²) < 4.78 is 5.45. The van der Waals surface area contributed by atoms with Gasteiger partial charge in [-0.25, -0.2) is 4.79 Å². The minimum absolute atomic E-state index is 0.0996. The third kappa shape index (κ3) is 8.51. The van der Waals surface area contributed by atoms with Crippen molar-refractivity contribution in [2.75, 3.05) is 6.54 Å². The summed E-state index contributed by atoms with van der Waals surface area (Å²) in [6.45, 7) is 7.85. The number of benzene rings is 2. The highest BCUT2D eigenvalue weighted by Gasteiger charge is 2.44. The van der Waals surface area contributed by atoms with Gasteiger partial charge < -0.3 is 25.4 Å². The Balaban J connectivity index is 1.95. The summed E-state index contributed by atoms with van der Waals surface area (Å²) in [7, 11) is 0. The number of aromatic hydroxyl groups is 1. The van der Waals surface area contributed by atoms with Gasteiger partial charge in [0.05, 0.1) is 0 Å². The van der Waals surface area contributed by atoms with E-state index >= 15 is 0 Å². The summed E-state index contributed by atoms with van der Waals surface area (Å²) in [5.41, 5.74) is 0.738. The van der Waals surface area contributed by atoms with Crippen LogP contribution < -0.4 is 10.6 Å². The molecule has 37 heavy (non-hydrogen) atoms. The molecule has 3 rings (SSSR count). The molecule has 0 aromatic heterocycles. The molecule has 3 N–H and O–H groups in total. The van der Waals surface area contributed by atoms with Crippen LogP contribution in [0.15, 0.2) is 54.6 Å². The maximum atomic E-state index is 14.2. The standard InChI is InChI=1S/C29H39N3O5/c1-5-6-18-30-26(34)25(21-10-8-7-9-11-21)32(22-14-15-22)27(35)24(31-28(36)37-29(2,3)4)19-20-12-16-23(33)17-13-20/h7-13,16-17,22,24-25,33H,5-6,14-15,18-19H2,1-4H3,(H,30,34)(H,31,36). The lowest BCUT2D eigenvalue weighted by Crippen LogP contribution is -2.54. The summed E-state index contributed by atoms with van der Waals surface area (Å²) in [5, 5.41) is 15.4. The number of ether oxygens (including phenoxy) is 1. The van der Waals surface area contributed by atoms with Crippen LogP contribution in [0.2, 0.25) is 0 Å². The molecule has 0 spiro atoms. The summed E-state index contributed by atoms with van der Waals surface area (Å²) in [6, 6.07) is 13.9. The monoisotopic (exact) mass is 509 g/mol. The lowest BCUT2D eigenvalue weighted by Gasteiger charge is -2.34. The van der Waals surface area contributed by atoms with E-state index in [9.17, 15) is 19.5 Å². The van der Waals surface area contributed by atoms with E-state index < -0.39 is 23.8 Å². The number of phenols is 1. The first-order valence-electron chi connectivity index (χ1n) is 13.0. The molecule has 0 radical (unpaired) electrons. The van der Waals surface area contributed by atoms with Gasteiger partial charge in [0.25, 0.3) is 0 Å². The number of nitrogens with zero attached hydrogens (tertiary/aromatic N) is 1. The van der Waals surface area contributed by atoms with Gasteiger partial charge in [-0.15, -0.1) is 0 Å². The van der Waals surface area contributed by atoms with Crippen molar-refractivity contribution in [2.24, 2.45) is 0 Å². The Morgan fingerprint density at radius 1 is 1.05 bits per heavy atom. The van der Waals surface area contributed by atoms with Crippen LogP contribution in [0.1, 0.15) is 70.5 Å². The Morgan fingerprint density at radius 3 is 2.27 bits per heavy atom. The fraction of sp³-hybridized carbons (Fsp3) is 0.483. The predicted molar refractivity (Wildman–Crippen MR) is 142 cm³/mol. The first kappa shape index (κ1) is 28.0. The molecule has 2 aromatic carbocycles. The molecule has 2 unspecified atom stereocenters. The van der Waals surface area contributed by atoms with Gasteiger partial charge in [-0.3, -0.25) is 9.59 Å². The van der Waals surface area contributed by atoms with Gasteiger partial charge in [0.15, 0.2) is 0 Å². The Kier molecular flexibility index (Phi) is 9.55. The van der Waals surface area contributed by atoms with Crippen molar-refractivity contribution in [2.45, 2.75) is 83.5 Å². The maximum Gasteiger partial charge on any atom is 0.408 e. The van der Waals surface area contributed by atoms with Gasteiger partial charge >= 0.3 is 6.09 Å². The Hall–Kier alpha value is -3.55. The lowest BCUT2D eigenvalue weighted by molar-refractivity contribution is -0.143. The van der Waals surface area contributed by atoms with Crippen molar-refractivity contribution < 1.29 is 24.2 Å². The Labute approximate surface area is 219 Å².